The number of amides is 4. The van der Waals surface area contributed by atoms with Gasteiger partial charge < -0.3 is 10.6 Å². The van der Waals surface area contributed by atoms with Crippen molar-refractivity contribution in [1.82, 2.24) is 16.0 Å². The van der Waals surface area contributed by atoms with Crippen molar-refractivity contribution in [2.45, 2.75) is 25.4 Å². The highest BCUT2D eigenvalue weighted by atomic mass is 35.5. The maximum atomic E-state index is 11.9. The second kappa shape index (κ2) is 6.03. The largest absolute Gasteiger partial charge is 0.349 e. The predicted molar refractivity (Wildman–Crippen MR) is 70.9 cm³/mol. The lowest BCUT2D eigenvalue weighted by Crippen LogP contribution is -2.47. The molecule has 1 aromatic heterocycles. The first-order valence-corrected chi connectivity index (χ1v) is 6.86. The van der Waals surface area contributed by atoms with E-state index in [2.05, 4.69) is 16.0 Å². The van der Waals surface area contributed by atoms with Crippen LogP contribution in [0.2, 0.25) is 4.34 Å². The zero-order valence-corrected chi connectivity index (χ0v) is 11.4. The summed E-state index contributed by atoms with van der Waals surface area (Å²) in [4.78, 5) is 35.2. The average molecular weight is 302 g/mol. The fourth-order valence-corrected chi connectivity index (χ4v) is 2.70. The lowest BCUT2D eigenvalue weighted by Gasteiger charge is -2.14. The molecule has 2 heterocycles. The topological polar surface area (TPSA) is 87.3 Å². The van der Waals surface area contributed by atoms with E-state index in [-0.39, 0.29) is 24.7 Å². The van der Waals surface area contributed by atoms with Gasteiger partial charge in [-0.3, -0.25) is 14.9 Å². The molecule has 102 valence electrons. The molecule has 1 saturated heterocycles. The number of urea groups is 1. The Morgan fingerprint density at radius 2 is 2.26 bits per heavy atom. The third kappa shape index (κ3) is 3.93. The first kappa shape index (κ1) is 13.8. The van der Waals surface area contributed by atoms with Crippen molar-refractivity contribution in [3.63, 3.8) is 0 Å². The van der Waals surface area contributed by atoms with Crippen molar-refractivity contribution < 1.29 is 14.4 Å². The summed E-state index contributed by atoms with van der Waals surface area (Å²) < 4.78 is 0.654. The molecule has 0 saturated carbocycles. The molecule has 0 aliphatic carbocycles. The molecule has 2 rings (SSSR count). The van der Waals surface area contributed by atoms with Crippen LogP contribution in [0, 0.1) is 0 Å². The van der Waals surface area contributed by atoms with E-state index < -0.39 is 12.1 Å². The molecule has 1 atom stereocenters. The SMILES string of the molecule is O=C1CC[C@H](C(=O)NCc2ccc(Cl)s2)NC(=O)N1. The maximum absolute atomic E-state index is 11.9. The summed E-state index contributed by atoms with van der Waals surface area (Å²) in [5, 5.41) is 7.27. The van der Waals surface area contributed by atoms with Gasteiger partial charge in [-0.2, -0.15) is 0 Å². The Balaban J connectivity index is 1.88. The molecule has 8 heteroatoms. The first-order valence-electron chi connectivity index (χ1n) is 5.67. The van der Waals surface area contributed by atoms with Gasteiger partial charge in [-0.15, -0.1) is 11.3 Å². The molecule has 0 bridgehead atoms. The third-order valence-corrected chi connectivity index (χ3v) is 3.83. The molecule has 1 aliphatic heterocycles. The summed E-state index contributed by atoms with van der Waals surface area (Å²) in [6.45, 7) is 0.351. The summed E-state index contributed by atoms with van der Waals surface area (Å²) in [5.74, 6) is -0.688. The number of nitrogens with one attached hydrogen (secondary N) is 3. The number of halogens is 1. The van der Waals surface area contributed by atoms with Gasteiger partial charge in [0.05, 0.1) is 10.9 Å². The van der Waals surface area contributed by atoms with Crippen LogP contribution in [0.3, 0.4) is 0 Å². The van der Waals surface area contributed by atoms with Crippen LogP contribution in [0.25, 0.3) is 0 Å². The monoisotopic (exact) mass is 301 g/mol. The Kier molecular flexibility index (Phi) is 4.39. The lowest BCUT2D eigenvalue weighted by molar-refractivity contribution is -0.123. The predicted octanol–water partition coefficient (Wildman–Crippen LogP) is 1.01. The Morgan fingerprint density at radius 3 is 2.95 bits per heavy atom. The Bertz CT molecular complexity index is 517. The number of rotatable bonds is 3. The molecule has 0 spiro atoms. The highest BCUT2D eigenvalue weighted by molar-refractivity contribution is 7.16. The average Bonchev–Trinajstić information content (AvgIpc) is 2.68. The lowest BCUT2D eigenvalue weighted by atomic mass is 10.1. The van der Waals surface area contributed by atoms with Crippen molar-refractivity contribution in [1.29, 1.82) is 0 Å². The summed E-state index contributed by atoms with van der Waals surface area (Å²) in [7, 11) is 0. The fourth-order valence-electron chi connectivity index (χ4n) is 1.67. The zero-order valence-electron chi connectivity index (χ0n) is 9.86. The van der Waals surface area contributed by atoms with E-state index in [4.69, 9.17) is 11.6 Å². The van der Waals surface area contributed by atoms with Gasteiger partial charge in [-0.05, 0) is 18.6 Å². The molecule has 0 radical (unpaired) electrons. The van der Waals surface area contributed by atoms with Gasteiger partial charge in [0.25, 0.3) is 0 Å². The van der Waals surface area contributed by atoms with Crippen LogP contribution in [0.5, 0.6) is 0 Å². The van der Waals surface area contributed by atoms with E-state index >= 15 is 0 Å². The van der Waals surface area contributed by atoms with E-state index in [1.807, 2.05) is 6.07 Å². The minimum absolute atomic E-state index is 0.141. The first-order chi connectivity index (χ1) is 9.04. The van der Waals surface area contributed by atoms with Gasteiger partial charge in [-0.1, -0.05) is 11.6 Å². The number of carbonyl (C=O) groups is 3. The maximum Gasteiger partial charge on any atom is 0.322 e. The van der Waals surface area contributed by atoms with Crippen LogP contribution in [0.4, 0.5) is 4.79 Å². The number of carbonyl (C=O) groups excluding carboxylic acids is 3. The van der Waals surface area contributed by atoms with Crippen LogP contribution in [0.15, 0.2) is 12.1 Å². The quantitative estimate of drug-likeness (QED) is 0.778. The second-order valence-electron chi connectivity index (χ2n) is 4.04. The van der Waals surface area contributed by atoms with Gasteiger partial charge in [0.1, 0.15) is 6.04 Å². The third-order valence-electron chi connectivity index (χ3n) is 2.60. The van der Waals surface area contributed by atoms with Gasteiger partial charge in [0, 0.05) is 11.3 Å². The molecule has 19 heavy (non-hydrogen) atoms. The standard InChI is InChI=1S/C11H12ClN3O3S/c12-8-3-1-6(19-8)5-13-10(17)7-2-4-9(16)15-11(18)14-7/h1,3,7H,2,4-5H2,(H,13,17)(H2,14,15,16,18)/t7-/m1/s1. The van der Waals surface area contributed by atoms with Crippen molar-refractivity contribution in [3.8, 4) is 0 Å². The summed E-state index contributed by atoms with van der Waals surface area (Å²) in [6, 6.07) is 2.25. The van der Waals surface area contributed by atoms with Gasteiger partial charge in [0.2, 0.25) is 11.8 Å². The normalized spacial score (nSPS) is 19.3. The van der Waals surface area contributed by atoms with Crippen molar-refractivity contribution in [3.05, 3.63) is 21.3 Å². The van der Waals surface area contributed by atoms with Crippen LogP contribution in [0.1, 0.15) is 17.7 Å². The van der Waals surface area contributed by atoms with Crippen molar-refractivity contribution >= 4 is 40.8 Å². The molecule has 3 N–H and O–H groups in total. The summed E-state index contributed by atoms with van der Waals surface area (Å²) in [6.07, 6.45) is 0.427. The number of hydrogen-bond acceptors (Lipinski definition) is 4. The van der Waals surface area contributed by atoms with E-state index in [1.165, 1.54) is 11.3 Å². The summed E-state index contributed by atoms with van der Waals surface area (Å²) in [5.41, 5.74) is 0. The zero-order chi connectivity index (χ0) is 13.8. The smallest absolute Gasteiger partial charge is 0.322 e. The number of imide groups is 1. The number of thiophene rings is 1. The number of hydrogen-bond donors (Lipinski definition) is 3. The highest BCUT2D eigenvalue weighted by Crippen LogP contribution is 2.21. The van der Waals surface area contributed by atoms with Crippen LogP contribution in [-0.4, -0.2) is 23.9 Å². The van der Waals surface area contributed by atoms with E-state index in [0.29, 0.717) is 10.9 Å². The van der Waals surface area contributed by atoms with Crippen LogP contribution in [-0.2, 0) is 16.1 Å². The molecule has 1 aromatic rings. The Morgan fingerprint density at radius 1 is 1.47 bits per heavy atom. The van der Waals surface area contributed by atoms with Crippen LogP contribution >= 0.6 is 22.9 Å². The van der Waals surface area contributed by atoms with Crippen molar-refractivity contribution in [2.24, 2.45) is 0 Å². The van der Waals surface area contributed by atoms with Gasteiger partial charge in [0.15, 0.2) is 0 Å². The Hall–Kier alpha value is -1.60. The fraction of sp³-hybridized carbons (Fsp3) is 0.364. The minimum atomic E-state index is -0.693. The molecular formula is C11H12ClN3O3S. The molecule has 1 aliphatic rings. The van der Waals surface area contributed by atoms with Gasteiger partial charge >= 0.3 is 6.03 Å². The molecule has 1 fully saturated rings. The van der Waals surface area contributed by atoms with E-state index in [0.717, 1.165) is 4.88 Å². The highest BCUT2D eigenvalue weighted by Gasteiger charge is 2.25. The van der Waals surface area contributed by atoms with Gasteiger partial charge in [-0.25, -0.2) is 4.79 Å². The van der Waals surface area contributed by atoms with E-state index in [1.54, 1.807) is 6.07 Å². The molecular weight excluding hydrogens is 290 g/mol. The Labute approximate surface area is 118 Å². The minimum Gasteiger partial charge on any atom is -0.349 e. The second-order valence-corrected chi connectivity index (χ2v) is 5.84. The molecule has 0 unspecified atom stereocenters. The summed E-state index contributed by atoms with van der Waals surface area (Å²) >= 11 is 7.16. The van der Waals surface area contributed by atoms with Crippen LogP contribution < -0.4 is 16.0 Å². The van der Waals surface area contributed by atoms with E-state index in [9.17, 15) is 14.4 Å². The molecule has 4 amide bonds. The van der Waals surface area contributed by atoms with Crippen molar-refractivity contribution in [2.75, 3.05) is 0 Å². The molecule has 6 nitrogen and oxygen atoms in total. The molecule has 0 aromatic carbocycles.